The molecule has 0 spiro atoms. The number of nitrogens with zero attached hydrogens (tertiary/aromatic N) is 2. The smallest absolute Gasteiger partial charge is 0.159 e. The second-order valence-corrected chi connectivity index (χ2v) is 3.23. The Morgan fingerprint density at radius 3 is 2.77 bits per heavy atom. The fourth-order valence-corrected chi connectivity index (χ4v) is 1.58. The number of benzene rings is 1. The molecular weight excluding hydrogens is 186 g/mol. The standard InChI is InChI=1S/C9H8ClN3/c1-5-3-2-4-6-7(5)9(11)13-12-8(6)10/h2-4H,1H3,(H2,11,13). The van der Waals surface area contributed by atoms with Crippen molar-refractivity contribution < 1.29 is 0 Å². The lowest BCUT2D eigenvalue weighted by atomic mass is 10.1. The monoisotopic (exact) mass is 193 g/mol. The number of aromatic nitrogens is 2. The third-order valence-corrected chi connectivity index (χ3v) is 2.28. The van der Waals surface area contributed by atoms with Crippen molar-refractivity contribution in [3.05, 3.63) is 28.9 Å². The zero-order valence-corrected chi connectivity index (χ0v) is 7.84. The van der Waals surface area contributed by atoms with Crippen LogP contribution in [0.5, 0.6) is 0 Å². The van der Waals surface area contributed by atoms with E-state index in [4.69, 9.17) is 17.3 Å². The molecule has 0 saturated carbocycles. The lowest BCUT2D eigenvalue weighted by Crippen LogP contribution is -1.96. The van der Waals surface area contributed by atoms with Crippen molar-refractivity contribution in [1.29, 1.82) is 0 Å². The maximum Gasteiger partial charge on any atom is 0.159 e. The fraction of sp³-hybridized carbons (Fsp3) is 0.111. The van der Waals surface area contributed by atoms with E-state index in [1.54, 1.807) is 0 Å². The maximum absolute atomic E-state index is 5.87. The molecule has 2 N–H and O–H groups in total. The molecule has 3 nitrogen and oxygen atoms in total. The Morgan fingerprint density at radius 2 is 2.08 bits per heavy atom. The number of fused-ring (bicyclic) bond motifs is 1. The number of nitrogens with two attached hydrogens (primary N) is 1. The normalized spacial score (nSPS) is 10.6. The average molecular weight is 194 g/mol. The maximum atomic E-state index is 5.87. The molecule has 2 aromatic rings. The van der Waals surface area contributed by atoms with Crippen molar-refractivity contribution >= 4 is 28.2 Å². The third kappa shape index (κ3) is 1.21. The molecule has 0 fully saturated rings. The van der Waals surface area contributed by atoms with E-state index in [9.17, 15) is 0 Å². The van der Waals surface area contributed by atoms with Crippen LogP contribution in [-0.4, -0.2) is 10.2 Å². The lowest BCUT2D eigenvalue weighted by Gasteiger charge is -2.04. The second kappa shape index (κ2) is 2.85. The van der Waals surface area contributed by atoms with Crippen molar-refractivity contribution in [3.8, 4) is 0 Å². The van der Waals surface area contributed by atoms with Gasteiger partial charge in [0.2, 0.25) is 0 Å². The van der Waals surface area contributed by atoms with Gasteiger partial charge >= 0.3 is 0 Å². The Kier molecular flexibility index (Phi) is 1.81. The topological polar surface area (TPSA) is 51.8 Å². The number of rotatable bonds is 0. The molecule has 1 aromatic heterocycles. The Balaban J connectivity index is 3.00. The van der Waals surface area contributed by atoms with Gasteiger partial charge in [0.1, 0.15) is 0 Å². The van der Waals surface area contributed by atoms with Crippen LogP contribution < -0.4 is 5.73 Å². The molecule has 0 aliphatic heterocycles. The minimum absolute atomic E-state index is 0.396. The van der Waals surface area contributed by atoms with Crippen LogP contribution in [0.25, 0.3) is 10.8 Å². The van der Waals surface area contributed by atoms with E-state index < -0.39 is 0 Å². The molecule has 0 saturated heterocycles. The SMILES string of the molecule is Cc1cccc2c(Cl)nnc(N)c12. The quantitative estimate of drug-likeness (QED) is 0.698. The van der Waals surface area contributed by atoms with E-state index in [1.807, 2.05) is 25.1 Å². The second-order valence-electron chi connectivity index (χ2n) is 2.87. The van der Waals surface area contributed by atoms with Crippen molar-refractivity contribution in [3.63, 3.8) is 0 Å². The van der Waals surface area contributed by atoms with Gasteiger partial charge in [-0.15, -0.1) is 10.2 Å². The summed E-state index contributed by atoms with van der Waals surface area (Å²) in [4.78, 5) is 0. The molecule has 0 radical (unpaired) electrons. The predicted molar refractivity (Wildman–Crippen MR) is 53.7 cm³/mol. The van der Waals surface area contributed by atoms with Gasteiger partial charge in [-0.25, -0.2) is 0 Å². The van der Waals surface area contributed by atoms with Crippen LogP contribution >= 0.6 is 11.6 Å². The van der Waals surface area contributed by atoms with Crippen molar-refractivity contribution in [2.45, 2.75) is 6.92 Å². The van der Waals surface area contributed by atoms with E-state index in [0.29, 0.717) is 11.0 Å². The molecule has 4 heteroatoms. The van der Waals surface area contributed by atoms with E-state index in [-0.39, 0.29) is 0 Å². The summed E-state index contributed by atoms with van der Waals surface area (Å²) in [6.07, 6.45) is 0. The summed E-state index contributed by atoms with van der Waals surface area (Å²) in [6, 6.07) is 5.77. The highest BCUT2D eigenvalue weighted by Crippen LogP contribution is 2.26. The van der Waals surface area contributed by atoms with Gasteiger partial charge in [0, 0.05) is 10.8 Å². The molecule has 13 heavy (non-hydrogen) atoms. The first-order chi connectivity index (χ1) is 6.20. The van der Waals surface area contributed by atoms with Gasteiger partial charge in [-0.2, -0.15) is 0 Å². The van der Waals surface area contributed by atoms with Gasteiger partial charge in [0.25, 0.3) is 0 Å². The van der Waals surface area contributed by atoms with Crippen molar-refractivity contribution in [1.82, 2.24) is 10.2 Å². The zero-order chi connectivity index (χ0) is 9.42. The number of anilines is 1. The summed E-state index contributed by atoms with van der Waals surface area (Å²) in [5, 5.41) is 9.65. The predicted octanol–water partition coefficient (Wildman–Crippen LogP) is 2.17. The summed E-state index contributed by atoms with van der Waals surface area (Å²) in [5.74, 6) is 0.428. The number of halogens is 1. The minimum atomic E-state index is 0.396. The molecule has 1 heterocycles. The molecule has 2 rings (SSSR count). The molecular formula is C9H8ClN3. The highest BCUT2D eigenvalue weighted by Gasteiger charge is 2.06. The summed E-state index contributed by atoms with van der Waals surface area (Å²) >= 11 is 5.87. The van der Waals surface area contributed by atoms with Gasteiger partial charge in [0.05, 0.1) is 0 Å². The number of nitrogen functional groups attached to an aromatic ring is 1. The van der Waals surface area contributed by atoms with Crippen molar-refractivity contribution in [2.75, 3.05) is 5.73 Å². The third-order valence-electron chi connectivity index (χ3n) is 2.00. The van der Waals surface area contributed by atoms with Crippen LogP contribution in [0.15, 0.2) is 18.2 Å². The molecule has 0 atom stereocenters. The molecule has 0 unspecified atom stereocenters. The molecule has 0 aliphatic rings. The fourth-order valence-electron chi connectivity index (χ4n) is 1.38. The lowest BCUT2D eigenvalue weighted by molar-refractivity contribution is 1.06. The van der Waals surface area contributed by atoms with Gasteiger partial charge in [-0.05, 0) is 12.5 Å². The average Bonchev–Trinajstić information content (AvgIpc) is 2.12. The van der Waals surface area contributed by atoms with Crippen LogP contribution in [-0.2, 0) is 0 Å². The molecule has 0 aliphatic carbocycles. The number of hydrogen-bond acceptors (Lipinski definition) is 3. The van der Waals surface area contributed by atoms with Gasteiger partial charge in [-0.1, -0.05) is 29.8 Å². The summed E-state index contributed by atoms with van der Waals surface area (Å²) in [5.41, 5.74) is 6.76. The van der Waals surface area contributed by atoms with E-state index in [0.717, 1.165) is 16.3 Å². The Bertz CT molecular complexity index is 459. The largest absolute Gasteiger partial charge is 0.382 e. The Hall–Kier alpha value is -1.35. The first-order valence-electron chi connectivity index (χ1n) is 3.87. The van der Waals surface area contributed by atoms with E-state index in [1.165, 1.54) is 0 Å². The first-order valence-corrected chi connectivity index (χ1v) is 4.25. The highest BCUT2D eigenvalue weighted by atomic mass is 35.5. The number of aryl methyl sites for hydroxylation is 1. The zero-order valence-electron chi connectivity index (χ0n) is 7.08. The van der Waals surface area contributed by atoms with Crippen LogP contribution in [0.1, 0.15) is 5.56 Å². The summed E-state index contributed by atoms with van der Waals surface area (Å²) in [6.45, 7) is 1.97. The Labute approximate surface area is 80.5 Å². The molecule has 66 valence electrons. The van der Waals surface area contributed by atoms with Crippen LogP contribution in [0.4, 0.5) is 5.82 Å². The van der Waals surface area contributed by atoms with Crippen LogP contribution in [0.3, 0.4) is 0 Å². The Morgan fingerprint density at radius 1 is 1.31 bits per heavy atom. The summed E-state index contributed by atoms with van der Waals surface area (Å²) in [7, 11) is 0. The molecule has 0 amide bonds. The van der Waals surface area contributed by atoms with E-state index >= 15 is 0 Å². The molecule has 1 aromatic carbocycles. The van der Waals surface area contributed by atoms with Crippen LogP contribution in [0.2, 0.25) is 5.15 Å². The number of hydrogen-bond donors (Lipinski definition) is 1. The minimum Gasteiger partial charge on any atom is -0.382 e. The van der Waals surface area contributed by atoms with Gasteiger partial charge in [0.15, 0.2) is 11.0 Å². The summed E-state index contributed by atoms with van der Waals surface area (Å²) < 4.78 is 0. The van der Waals surface area contributed by atoms with Crippen LogP contribution in [0, 0.1) is 6.92 Å². The van der Waals surface area contributed by atoms with Crippen molar-refractivity contribution in [2.24, 2.45) is 0 Å². The molecule has 0 bridgehead atoms. The van der Waals surface area contributed by atoms with Gasteiger partial charge < -0.3 is 5.73 Å². The van der Waals surface area contributed by atoms with Gasteiger partial charge in [-0.3, -0.25) is 0 Å². The first kappa shape index (κ1) is 8.26. The van der Waals surface area contributed by atoms with E-state index in [2.05, 4.69) is 10.2 Å². The highest BCUT2D eigenvalue weighted by molar-refractivity contribution is 6.34.